The van der Waals surface area contributed by atoms with Crippen LogP contribution < -0.4 is 10.6 Å². The first-order valence-electron chi connectivity index (χ1n) is 6.02. The minimum absolute atomic E-state index is 0.00260. The van der Waals surface area contributed by atoms with Crippen LogP contribution in [-0.2, 0) is 19.1 Å². The van der Waals surface area contributed by atoms with E-state index in [0.717, 1.165) is 0 Å². The van der Waals surface area contributed by atoms with Crippen molar-refractivity contribution in [1.29, 1.82) is 0 Å². The number of carbonyl (C=O) groups is 4. The molecule has 0 aliphatic carbocycles. The van der Waals surface area contributed by atoms with Crippen molar-refractivity contribution in [3.63, 3.8) is 0 Å². The van der Waals surface area contributed by atoms with Crippen LogP contribution in [0.1, 0.15) is 33.1 Å². The molecule has 0 spiro atoms. The van der Waals surface area contributed by atoms with Gasteiger partial charge in [-0.25, -0.2) is 4.79 Å². The number of aliphatic carboxylic acids is 1. The summed E-state index contributed by atoms with van der Waals surface area (Å²) in [6, 6.07) is -0.731. The van der Waals surface area contributed by atoms with Gasteiger partial charge in [0, 0.05) is 13.0 Å². The van der Waals surface area contributed by atoms with E-state index < -0.39 is 29.3 Å². The van der Waals surface area contributed by atoms with Crippen LogP contribution in [0.3, 0.4) is 0 Å². The molecule has 3 amide bonds. The SMILES string of the molecule is COC(=O)CCNC(=O)NC(=O)CC(C)(C)CC(=O)O. The number of esters is 1. The van der Waals surface area contributed by atoms with Gasteiger partial charge < -0.3 is 15.2 Å². The zero-order chi connectivity index (χ0) is 15.8. The Bertz CT molecular complexity index is 391. The second-order valence-electron chi connectivity index (χ2n) is 5.04. The summed E-state index contributed by atoms with van der Waals surface area (Å²) in [7, 11) is 1.23. The number of hydrogen-bond donors (Lipinski definition) is 3. The highest BCUT2D eigenvalue weighted by Gasteiger charge is 2.25. The third-order valence-electron chi connectivity index (χ3n) is 2.36. The molecule has 20 heavy (non-hydrogen) atoms. The van der Waals surface area contributed by atoms with E-state index in [-0.39, 0.29) is 25.8 Å². The maximum atomic E-state index is 11.5. The summed E-state index contributed by atoms with van der Waals surface area (Å²) in [4.78, 5) is 44.3. The van der Waals surface area contributed by atoms with Gasteiger partial charge in [-0.3, -0.25) is 19.7 Å². The van der Waals surface area contributed by atoms with Gasteiger partial charge in [-0.1, -0.05) is 13.8 Å². The van der Waals surface area contributed by atoms with Crippen LogP contribution in [0.4, 0.5) is 4.79 Å². The van der Waals surface area contributed by atoms with Crippen molar-refractivity contribution in [3.05, 3.63) is 0 Å². The fourth-order valence-corrected chi connectivity index (χ4v) is 1.50. The van der Waals surface area contributed by atoms with Crippen LogP contribution >= 0.6 is 0 Å². The van der Waals surface area contributed by atoms with Gasteiger partial charge in [-0.05, 0) is 5.41 Å². The van der Waals surface area contributed by atoms with Gasteiger partial charge in [0.25, 0.3) is 0 Å². The Labute approximate surface area is 116 Å². The monoisotopic (exact) mass is 288 g/mol. The van der Waals surface area contributed by atoms with Crippen molar-refractivity contribution in [2.45, 2.75) is 33.1 Å². The molecule has 0 saturated carbocycles. The molecular weight excluding hydrogens is 268 g/mol. The number of hydrogen-bond acceptors (Lipinski definition) is 5. The number of imide groups is 1. The molecule has 114 valence electrons. The zero-order valence-electron chi connectivity index (χ0n) is 11.8. The van der Waals surface area contributed by atoms with Gasteiger partial charge in [0.2, 0.25) is 5.91 Å². The summed E-state index contributed by atoms with van der Waals surface area (Å²) in [6.07, 6.45) is -0.267. The number of rotatable bonds is 7. The Balaban J connectivity index is 4.05. The number of carbonyl (C=O) groups excluding carboxylic acids is 3. The lowest BCUT2D eigenvalue weighted by atomic mass is 9.85. The summed E-state index contributed by atoms with van der Waals surface area (Å²) < 4.78 is 4.38. The first-order valence-corrected chi connectivity index (χ1v) is 6.02. The van der Waals surface area contributed by atoms with Gasteiger partial charge in [0.15, 0.2) is 0 Å². The van der Waals surface area contributed by atoms with Crippen LogP contribution in [0.15, 0.2) is 0 Å². The Hall–Kier alpha value is -2.12. The van der Waals surface area contributed by atoms with Crippen LogP contribution in [-0.4, -0.2) is 42.6 Å². The minimum atomic E-state index is -1.01. The average Bonchev–Trinajstić information content (AvgIpc) is 2.25. The van der Waals surface area contributed by atoms with E-state index in [2.05, 4.69) is 15.4 Å². The first-order chi connectivity index (χ1) is 9.16. The molecule has 0 fully saturated rings. The average molecular weight is 288 g/mol. The largest absolute Gasteiger partial charge is 0.481 e. The number of urea groups is 1. The Morgan fingerprint density at radius 2 is 1.75 bits per heavy atom. The molecule has 0 aromatic carbocycles. The standard InChI is InChI=1S/C12H20N2O6/c1-12(2,7-9(16)17)6-8(15)14-11(19)13-5-4-10(18)20-3/h4-7H2,1-3H3,(H,16,17)(H2,13,14,15,19). The van der Waals surface area contributed by atoms with Crippen molar-refractivity contribution in [3.8, 4) is 0 Å². The molecular formula is C12H20N2O6. The van der Waals surface area contributed by atoms with Crippen molar-refractivity contribution >= 4 is 23.9 Å². The molecule has 0 aromatic heterocycles. The molecule has 8 nitrogen and oxygen atoms in total. The number of ether oxygens (including phenoxy) is 1. The molecule has 0 aliphatic heterocycles. The Kier molecular flexibility index (Phi) is 7.27. The lowest BCUT2D eigenvalue weighted by Crippen LogP contribution is -2.41. The highest BCUT2D eigenvalue weighted by atomic mass is 16.5. The van der Waals surface area contributed by atoms with E-state index in [1.54, 1.807) is 13.8 Å². The number of carboxylic acids is 1. The fourth-order valence-electron chi connectivity index (χ4n) is 1.50. The molecule has 0 saturated heterocycles. The second-order valence-corrected chi connectivity index (χ2v) is 5.04. The summed E-state index contributed by atoms with van der Waals surface area (Å²) >= 11 is 0. The van der Waals surface area contributed by atoms with Gasteiger partial charge in [0.1, 0.15) is 0 Å². The van der Waals surface area contributed by atoms with E-state index in [4.69, 9.17) is 5.11 Å². The third kappa shape index (κ3) is 8.90. The normalized spacial score (nSPS) is 10.6. The van der Waals surface area contributed by atoms with E-state index in [9.17, 15) is 19.2 Å². The predicted molar refractivity (Wildman–Crippen MR) is 68.8 cm³/mol. The number of amides is 3. The van der Waals surface area contributed by atoms with Crippen molar-refractivity contribution in [1.82, 2.24) is 10.6 Å². The maximum Gasteiger partial charge on any atom is 0.321 e. The third-order valence-corrected chi connectivity index (χ3v) is 2.36. The number of carboxylic acid groups (broad SMARTS) is 1. The van der Waals surface area contributed by atoms with Gasteiger partial charge in [0.05, 0.1) is 20.0 Å². The van der Waals surface area contributed by atoms with E-state index in [1.807, 2.05) is 0 Å². The molecule has 0 atom stereocenters. The summed E-state index contributed by atoms with van der Waals surface area (Å²) in [5, 5.41) is 13.1. The van der Waals surface area contributed by atoms with Crippen molar-refractivity contribution in [2.75, 3.05) is 13.7 Å². The molecule has 3 N–H and O–H groups in total. The molecule has 0 aromatic rings. The van der Waals surface area contributed by atoms with Crippen molar-refractivity contribution in [2.24, 2.45) is 5.41 Å². The van der Waals surface area contributed by atoms with E-state index in [0.29, 0.717) is 0 Å². The van der Waals surface area contributed by atoms with E-state index >= 15 is 0 Å². The number of methoxy groups -OCH3 is 1. The lowest BCUT2D eigenvalue weighted by Gasteiger charge is -2.21. The van der Waals surface area contributed by atoms with Gasteiger partial charge in [-0.2, -0.15) is 0 Å². The lowest BCUT2D eigenvalue weighted by molar-refractivity contribution is -0.141. The smallest absolute Gasteiger partial charge is 0.321 e. The number of nitrogens with one attached hydrogen (secondary N) is 2. The molecule has 0 unspecified atom stereocenters. The fraction of sp³-hybridized carbons (Fsp3) is 0.667. The first kappa shape index (κ1) is 17.9. The van der Waals surface area contributed by atoms with E-state index in [1.165, 1.54) is 7.11 Å². The molecule has 0 aliphatic rings. The van der Waals surface area contributed by atoms with Crippen LogP contribution in [0.5, 0.6) is 0 Å². The zero-order valence-corrected chi connectivity index (χ0v) is 11.8. The highest BCUT2D eigenvalue weighted by Crippen LogP contribution is 2.24. The Morgan fingerprint density at radius 1 is 1.15 bits per heavy atom. The van der Waals surface area contributed by atoms with Crippen molar-refractivity contribution < 1.29 is 29.0 Å². The van der Waals surface area contributed by atoms with Crippen LogP contribution in [0.25, 0.3) is 0 Å². The topological polar surface area (TPSA) is 122 Å². The van der Waals surface area contributed by atoms with Gasteiger partial charge in [-0.15, -0.1) is 0 Å². The second kappa shape index (κ2) is 8.13. The molecule has 8 heteroatoms. The quantitative estimate of drug-likeness (QED) is 0.578. The Morgan fingerprint density at radius 3 is 2.25 bits per heavy atom. The molecule has 0 bridgehead atoms. The molecule has 0 radical (unpaired) electrons. The summed E-state index contributed by atoms with van der Waals surface area (Å²) in [5.74, 6) is -2.06. The van der Waals surface area contributed by atoms with Crippen LogP contribution in [0, 0.1) is 5.41 Å². The predicted octanol–water partition coefficient (Wildman–Crippen LogP) is 0.266. The highest BCUT2D eigenvalue weighted by molar-refractivity contribution is 5.94. The minimum Gasteiger partial charge on any atom is -0.481 e. The summed E-state index contributed by atoms with van der Waals surface area (Å²) in [5.41, 5.74) is -0.748. The molecule has 0 heterocycles. The van der Waals surface area contributed by atoms with Crippen LogP contribution in [0.2, 0.25) is 0 Å². The maximum absolute atomic E-state index is 11.5. The van der Waals surface area contributed by atoms with Gasteiger partial charge >= 0.3 is 18.0 Å². The summed E-state index contributed by atoms with van der Waals surface area (Å²) in [6.45, 7) is 3.29. The molecule has 0 rings (SSSR count).